The minimum Gasteiger partial charge on any atom is -0.454 e. The summed E-state index contributed by atoms with van der Waals surface area (Å²) in [6.45, 7) is 3.44. The molecule has 0 aliphatic heterocycles. The molecule has 0 spiro atoms. The lowest BCUT2D eigenvalue weighted by molar-refractivity contribution is 0.102. The van der Waals surface area contributed by atoms with Gasteiger partial charge in [0.1, 0.15) is 5.75 Å². The van der Waals surface area contributed by atoms with E-state index in [-0.39, 0.29) is 16.3 Å². The molecule has 3 aromatic carbocycles. The minimum absolute atomic E-state index is 0.0527. The van der Waals surface area contributed by atoms with Crippen LogP contribution < -0.4 is 15.8 Å². The van der Waals surface area contributed by atoms with E-state index in [0.29, 0.717) is 22.7 Å². The normalized spacial score (nSPS) is 10.9. The number of benzene rings is 3. The van der Waals surface area contributed by atoms with Crippen LogP contribution in [0.15, 0.2) is 60.7 Å². The zero-order valence-electron chi connectivity index (χ0n) is 16.4. The number of nitrogen functional groups attached to an aromatic ring is 1. The highest BCUT2D eigenvalue weighted by Gasteiger charge is 2.25. The summed E-state index contributed by atoms with van der Waals surface area (Å²) in [4.78, 5) is 12.8. The standard InChI is InChI=1S/C23H19ClFN3O2/c1-23(2,13-26)18-5-3-4-17(21(18)24)22(29)28-15-8-11-19(25)20(12-15)30-16-9-6-14(27)7-10-16/h3-12H,27H2,1-2H3,(H,28,29). The fourth-order valence-corrected chi connectivity index (χ4v) is 3.22. The van der Waals surface area contributed by atoms with E-state index in [4.69, 9.17) is 22.1 Å². The maximum absolute atomic E-state index is 14.2. The van der Waals surface area contributed by atoms with Crippen molar-refractivity contribution in [2.75, 3.05) is 11.1 Å². The van der Waals surface area contributed by atoms with Crippen LogP contribution in [0.4, 0.5) is 15.8 Å². The molecule has 152 valence electrons. The van der Waals surface area contributed by atoms with E-state index >= 15 is 0 Å². The predicted molar refractivity (Wildman–Crippen MR) is 115 cm³/mol. The Morgan fingerprint density at radius 1 is 1.17 bits per heavy atom. The third kappa shape index (κ3) is 4.53. The molecule has 3 rings (SSSR count). The van der Waals surface area contributed by atoms with Crippen LogP contribution in [0.5, 0.6) is 11.5 Å². The molecule has 5 nitrogen and oxygen atoms in total. The maximum atomic E-state index is 14.2. The summed E-state index contributed by atoms with van der Waals surface area (Å²) in [6, 6.07) is 17.6. The highest BCUT2D eigenvalue weighted by Crippen LogP contribution is 2.33. The van der Waals surface area contributed by atoms with E-state index in [1.54, 1.807) is 56.3 Å². The maximum Gasteiger partial charge on any atom is 0.257 e. The topological polar surface area (TPSA) is 88.1 Å². The van der Waals surface area contributed by atoms with Crippen LogP contribution in [0.1, 0.15) is 29.8 Å². The van der Waals surface area contributed by atoms with Crippen LogP contribution in [0.3, 0.4) is 0 Å². The summed E-state index contributed by atoms with van der Waals surface area (Å²) in [5, 5.41) is 12.2. The molecular weight excluding hydrogens is 405 g/mol. The van der Waals surface area contributed by atoms with Gasteiger partial charge in [0.05, 0.1) is 22.1 Å². The number of hydrogen-bond acceptors (Lipinski definition) is 4. The molecule has 0 aliphatic carbocycles. The summed E-state index contributed by atoms with van der Waals surface area (Å²) in [6.07, 6.45) is 0. The van der Waals surface area contributed by atoms with Crippen molar-refractivity contribution in [3.8, 4) is 17.6 Å². The number of nitrogens with two attached hydrogens (primary N) is 1. The zero-order valence-corrected chi connectivity index (χ0v) is 17.1. The van der Waals surface area contributed by atoms with Crippen molar-refractivity contribution in [1.82, 2.24) is 0 Å². The number of nitrogens with zero attached hydrogens (tertiary/aromatic N) is 1. The van der Waals surface area contributed by atoms with Gasteiger partial charge in [-0.25, -0.2) is 4.39 Å². The van der Waals surface area contributed by atoms with Gasteiger partial charge >= 0.3 is 0 Å². The second-order valence-corrected chi connectivity index (χ2v) is 7.55. The van der Waals surface area contributed by atoms with Crippen molar-refractivity contribution in [2.45, 2.75) is 19.3 Å². The van der Waals surface area contributed by atoms with E-state index < -0.39 is 17.1 Å². The van der Waals surface area contributed by atoms with E-state index in [1.807, 2.05) is 0 Å². The number of nitriles is 1. The van der Waals surface area contributed by atoms with Crippen LogP contribution in [-0.2, 0) is 5.41 Å². The number of rotatable bonds is 5. The second kappa shape index (κ2) is 8.44. The Bertz CT molecular complexity index is 1140. The lowest BCUT2D eigenvalue weighted by Gasteiger charge is -2.19. The number of amides is 1. The molecule has 7 heteroatoms. The van der Waals surface area contributed by atoms with Gasteiger partial charge in [0.25, 0.3) is 5.91 Å². The molecule has 1 amide bonds. The monoisotopic (exact) mass is 423 g/mol. The zero-order chi connectivity index (χ0) is 21.9. The summed E-state index contributed by atoms with van der Waals surface area (Å²) in [5.74, 6) is -0.717. The highest BCUT2D eigenvalue weighted by molar-refractivity contribution is 6.35. The predicted octanol–water partition coefficient (Wildman–Crippen LogP) is 5.91. The van der Waals surface area contributed by atoms with Crippen LogP contribution in [-0.4, -0.2) is 5.91 Å². The van der Waals surface area contributed by atoms with Crippen LogP contribution in [0, 0.1) is 17.1 Å². The molecular formula is C23H19ClFN3O2. The molecule has 0 fully saturated rings. The Balaban J connectivity index is 1.85. The number of halogens is 2. The molecule has 30 heavy (non-hydrogen) atoms. The van der Waals surface area contributed by atoms with E-state index in [1.165, 1.54) is 18.2 Å². The fourth-order valence-electron chi connectivity index (χ4n) is 2.77. The molecule has 0 unspecified atom stereocenters. The van der Waals surface area contributed by atoms with Gasteiger partial charge in [0.15, 0.2) is 11.6 Å². The van der Waals surface area contributed by atoms with Gasteiger partial charge in [0.2, 0.25) is 0 Å². The molecule has 0 saturated heterocycles. The van der Waals surface area contributed by atoms with Crippen molar-refractivity contribution in [1.29, 1.82) is 5.26 Å². The van der Waals surface area contributed by atoms with E-state index in [9.17, 15) is 14.4 Å². The fraction of sp³-hybridized carbons (Fsp3) is 0.130. The molecule has 0 aromatic heterocycles. The lowest BCUT2D eigenvalue weighted by Crippen LogP contribution is -2.18. The Kier molecular flexibility index (Phi) is 5.95. The number of carbonyl (C=O) groups is 1. The quantitative estimate of drug-likeness (QED) is 0.499. The number of nitrogens with one attached hydrogen (secondary N) is 1. The Labute approximate surface area is 178 Å². The third-order valence-electron chi connectivity index (χ3n) is 4.49. The molecule has 0 aliphatic rings. The van der Waals surface area contributed by atoms with E-state index in [2.05, 4.69) is 11.4 Å². The smallest absolute Gasteiger partial charge is 0.257 e. The highest BCUT2D eigenvalue weighted by atomic mass is 35.5. The van der Waals surface area contributed by atoms with Crippen molar-refractivity contribution < 1.29 is 13.9 Å². The molecule has 3 aromatic rings. The molecule has 0 saturated carbocycles. The third-order valence-corrected chi connectivity index (χ3v) is 4.90. The average Bonchev–Trinajstić information content (AvgIpc) is 2.72. The Morgan fingerprint density at radius 2 is 1.87 bits per heavy atom. The molecule has 0 heterocycles. The van der Waals surface area contributed by atoms with Crippen LogP contribution in [0.2, 0.25) is 5.02 Å². The first-order chi connectivity index (χ1) is 14.2. The molecule has 3 N–H and O–H groups in total. The number of anilines is 2. The Hall–Kier alpha value is -3.56. The average molecular weight is 424 g/mol. The molecule has 0 bridgehead atoms. The van der Waals surface area contributed by atoms with Crippen LogP contribution in [0.25, 0.3) is 0 Å². The second-order valence-electron chi connectivity index (χ2n) is 7.17. The van der Waals surface area contributed by atoms with Gasteiger partial charge in [0, 0.05) is 17.4 Å². The van der Waals surface area contributed by atoms with Gasteiger partial charge in [-0.1, -0.05) is 23.7 Å². The van der Waals surface area contributed by atoms with Crippen LogP contribution >= 0.6 is 11.6 Å². The first-order valence-corrected chi connectivity index (χ1v) is 9.43. The first kappa shape index (κ1) is 21.2. The summed E-state index contributed by atoms with van der Waals surface area (Å²) in [7, 11) is 0. The molecule has 0 radical (unpaired) electrons. The molecule has 0 atom stereocenters. The van der Waals surface area contributed by atoms with Gasteiger partial charge in [-0.3, -0.25) is 4.79 Å². The number of carbonyl (C=O) groups excluding carboxylic acids is 1. The van der Waals surface area contributed by atoms with Crippen molar-refractivity contribution in [3.63, 3.8) is 0 Å². The summed E-state index contributed by atoms with van der Waals surface area (Å²) >= 11 is 6.40. The summed E-state index contributed by atoms with van der Waals surface area (Å²) < 4.78 is 19.7. The number of hydrogen-bond donors (Lipinski definition) is 2. The van der Waals surface area contributed by atoms with E-state index in [0.717, 1.165) is 0 Å². The summed E-state index contributed by atoms with van der Waals surface area (Å²) in [5.41, 5.74) is 6.42. The van der Waals surface area contributed by atoms with Gasteiger partial charge in [-0.15, -0.1) is 0 Å². The Morgan fingerprint density at radius 3 is 2.53 bits per heavy atom. The van der Waals surface area contributed by atoms with Gasteiger partial charge < -0.3 is 15.8 Å². The van der Waals surface area contributed by atoms with Crippen molar-refractivity contribution in [3.05, 3.63) is 82.6 Å². The first-order valence-electron chi connectivity index (χ1n) is 9.06. The van der Waals surface area contributed by atoms with Gasteiger partial charge in [-0.2, -0.15) is 5.26 Å². The van der Waals surface area contributed by atoms with Gasteiger partial charge in [-0.05, 0) is 61.9 Å². The minimum atomic E-state index is -0.858. The van der Waals surface area contributed by atoms with Crippen molar-refractivity contribution in [2.24, 2.45) is 0 Å². The number of ether oxygens (including phenoxy) is 1. The SMILES string of the molecule is CC(C)(C#N)c1cccc(C(=O)Nc2ccc(F)c(Oc3ccc(N)cc3)c2)c1Cl. The largest absolute Gasteiger partial charge is 0.454 e. The van der Waals surface area contributed by atoms with Crippen molar-refractivity contribution >= 4 is 28.9 Å². The lowest BCUT2D eigenvalue weighted by atomic mass is 9.85.